The molecule has 0 spiro atoms. The standard InChI is InChI=1S/C6H11N3O4/c7-4(10)1-3(6(8)13)9-2-5(11)12/h3,9H,1-2H2,(H2,7,10)(H2,8,13)(H,11,12). The quantitative estimate of drug-likeness (QED) is 0.363. The molecule has 0 aliphatic heterocycles. The van der Waals surface area contributed by atoms with E-state index in [-0.39, 0.29) is 6.42 Å². The molecule has 7 heteroatoms. The van der Waals surface area contributed by atoms with Gasteiger partial charge in [-0.05, 0) is 0 Å². The van der Waals surface area contributed by atoms with Crippen molar-refractivity contribution in [2.45, 2.75) is 12.5 Å². The lowest BCUT2D eigenvalue weighted by molar-refractivity contribution is -0.136. The van der Waals surface area contributed by atoms with Crippen molar-refractivity contribution in [1.29, 1.82) is 0 Å². The molecule has 0 aromatic carbocycles. The van der Waals surface area contributed by atoms with Gasteiger partial charge < -0.3 is 16.6 Å². The maximum absolute atomic E-state index is 10.6. The predicted octanol–water partition coefficient (Wildman–Crippen LogP) is -2.61. The van der Waals surface area contributed by atoms with Crippen LogP contribution in [0.2, 0.25) is 0 Å². The molecular formula is C6H11N3O4. The zero-order chi connectivity index (χ0) is 10.4. The van der Waals surface area contributed by atoms with E-state index >= 15 is 0 Å². The van der Waals surface area contributed by atoms with Crippen LogP contribution in [0, 0.1) is 0 Å². The molecule has 1 unspecified atom stereocenters. The first kappa shape index (κ1) is 11.4. The summed E-state index contributed by atoms with van der Waals surface area (Å²) in [6, 6.07) is -1.02. The zero-order valence-electron chi connectivity index (χ0n) is 6.82. The van der Waals surface area contributed by atoms with Crippen molar-refractivity contribution in [1.82, 2.24) is 5.32 Å². The average molecular weight is 189 g/mol. The zero-order valence-corrected chi connectivity index (χ0v) is 6.82. The summed E-state index contributed by atoms with van der Waals surface area (Å²) in [7, 11) is 0. The maximum atomic E-state index is 10.6. The predicted molar refractivity (Wildman–Crippen MR) is 42.4 cm³/mol. The van der Waals surface area contributed by atoms with Crippen LogP contribution in [-0.4, -0.2) is 35.5 Å². The Morgan fingerprint density at radius 1 is 1.31 bits per heavy atom. The van der Waals surface area contributed by atoms with E-state index in [1.807, 2.05) is 0 Å². The Balaban J connectivity index is 4.02. The summed E-state index contributed by atoms with van der Waals surface area (Å²) < 4.78 is 0. The highest BCUT2D eigenvalue weighted by Gasteiger charge is 2.17. The van der Waals surface area contributed by atoms with Crippen LogP contribution in [0.5, 0.6) is 0 Å². The second-order valence-electron chi connectivity index (χ2n) is 2.40. The highest BCUT2D eigenvalue weighted by atomic mass is 16.4. The van der Waals surface area contributed by atoms with E-state index < -0.39 is 30.4 Å². The summed E-state index contributed by atoms with van der Waals surface area (Å²) in [5.41, 5.74) is 9.67. The molecule has 0 aliphatic carbocycles. The molecule has 7 nitrogen and oxygen atoms in total. The smallest absolute Gasteiger partial charge is 0.317 e. The molecule has 6 N–H and O–H groups in total. The van der Waals surface area contributed by atoms with Crippen LogP contribution in [0.3, 0.4) is 0 Å². The normalized spacial score (nSPS) is 12.0. The van der Waals surface area contributed by atoms with Crippen molar-refractivity contribution in [3.63, 3.8) is 0 Å². The van der Waals surface area contributed by atoms with Crippen molar-refractivity contribution >= 4 is 17.8 Å². The van der Waals surface area contributed by atoms with E-state index in [9.17, 15) is 14.4 Å². The Hall–Kier alpha value is -1.63. The first-order valence-electron chi connectivity index (χ1n) is 3.46. The summed E-state index contributed by atoms with van der Waals surface area (Å²) in [6.45, 7) is -0.444. The number of carbonyl (C=O) groups excluding carboxylic acids is 2. The van der Waals surface area contributed by atoms with Crippen LogP contribution >= 0.6 is 0 Å². The van der Waals surface area contributed by atoms with Gasteiger partial charge in [-0.15, -0.1) is 0 Å². The number of hydrogen-bond donors (Lipinski definition) is 4. The second-order valence-corrected chi connectivity index (χ2v) is 2.40. The lowest BCUT2D eigenvalue weighted by Gasteiger charge is -2.11. The minimum atomic E-state index is -1.14. The Kier molecular flexibility index (Phi) is 4.45. The van der Waals surface area contributed by atoms with Gasteiger partial charge in [0.05, 0.1) is 19.0 Å². The van der Waals surface area contributed by atoms with Crippen LogP contribution in [0.1, 0.15) is 6.42 Å². The first-order valence-corrected chi connectivity index (χ1v) is 3.46. The Bertz CT molecular complexity index is 228. The highest BCUT2D eigenvalue weighted by Crippen LogP contribution is 1.89. The van der Waals surface area contributed by atoms with Crippen molar-refractivity contribution in [3.05, 3.63) is 0 Å². The van der Waals surface area contributed by atoms with Gasteiger partial charge in [-0.2, -0.15) is 0 Å². The highest BCUT2D eigenvalue weighted by molar-refractivity contribution is 5.87. The number of hydrogen-bond acceptors (Lipinski definition) is 4. The fourth-order valence-electron chi connectivity index (χ4n) is 0.685. The van der Waals surface area contributed by atoms with Crippen LogP contribution < -0.4 is 16.8 Å². The first-order chi connectivity index (χ1) is 5.93. The summed E-state index contributed by atoms with van der Waals surface area (Å²) in [4.78, 5) is 31.1. The SMILES string of the molecule is NC(=O)CC(NCC(=O)O)C(N)=O. The van der Waals surface area contributed by atoms with Gasteiger partial charge >= 0.3 is 5.97 Å². The van der Waals surface area contributed by atoms with Crippen LogP contribution in [0.15, 0.2) is 0 Å². The van der Waals surface area contributed by atoms with Gasteiger partial charge in [0.1, 0.15) is 0 Å². The lowest BCUT2D eigenvalue weighted by atomic mass is 10.2. The van der Waals surface area contributed by atoms with Crippen molar-refractivity contribution in [3.8, 4) is 0 Å². The molecular weight excluding hydrogens is 178 g/mol. The van der Waals surface area contributed by atoms with Crippen molar-refractivity contribution in [2.24, 2.45) is 11.5 Å². The number of amides is 2. The molecule has 0 aromatic heterocycles. The maximum Gasteiger partial charge on any atom is 0.317 e. The molecule has 0 aromatic rings. The minimum Gasteiger partial charge on any atom is -0.480 e. The van der Waals surface area contributed by atoms with Gasteiger partial charge in [0.2, 0.25) is 11.8 Å². The van der Waals surface area contributed by atoms with E-state index in [0.29, 0.717) is 0 Å². The average Bonchev–Trinajstić information content (AvgIpc) is 1.96. The van der Waals surface area contributed by atoms with Crippen molar-refractivity contribution in [2.75, 3.05) is 6.54 Å². The molecule has 0 radical (unpaired) electrons. The Morgan fingerprint density at radius 2 is 1.85 bits per heavy atom. The van der Waals surface area contributed by atoms with Gasteiger partial charge in [0.25, 0.3) is 0 Å². The molecule has 0 saturated heterocycles. The van der Waals surface area contributed by atoms with Crippen LogP contribution in [-0.2, 0) is 14.4 Å². The Labute approximate surface area is 74.1 Å². The topological polar surface area (TPSA) is 136 Å². The number of carboxylic acids is 1. The number of aliphatic carboxylic acids is 1. The molecule has 0 bridgehead atoms. The van der Waals surface area contributed by atoms with Gasteiger partial charge in [-0.25, -0.2) is 0 Å². The second kappa shape index (κ2) is 5.09. The third-order valence-electron chi connectivity index (χ3n) is 1.25. The third-order valence-corrected chi connectivity index (χ3v) is 1.25. The van der Waals surface area contributed by atoms with Gasteiger partial charge in [0, 0.05) is 0 Å². The number of nitrogens with two attached hydrogens (primary N) is 2. The monoisotopic (exact) mass is 189 g/mol. The van der Waals surface area contributed by atoms with Crippen LogP contribution in [0.25, 0.3) is 0 Å². The molecule has 0 heterocycles. The lowest BCUT2D eigenvalue weighted by Crippen LogP contribution is -2.45. The molecule has 0 fully saturated rings. The fraction of sp³-hybridized carbons (Fsp3) is 0.500. The summed E-state index contributed by atoms with van der Waals surface area (Å²) in [5, 5.41) is 10.5. The fourth-order valence-corrected chi connectivity index (χ4v) is 0.685. The van der Waals surface area contributed by atoms with Gasteiger partial charge in [0.15, 0.2) is 0 Å². The molecule has 0 aliphatic rings. The summed E-state index contributed by atoms with van der Waals surface area (Å²) >= 11 is 0. The van der Waals surface area contributed by atoms with E-state index in [0.717, 1.165) is 0 Å². The molecule has 1 atom stereocenters. The van der Waals surface area contributed by atoms with Crippen molar-refractivity contribution < 1.29 is 19.5 Å². The molecule has 0 saturated carbocycles. The minimum absolute atomic E-state index is 0.303. The Morgan fingerprint density at radius 3 is 2.15 bits per heavy atom. The number of carboxylic acid groups (broad SMARTS) is 1. The number of rotatable bonds is 6. The molecule has 13 heavy (non-hydrogen) atoms. The molecule has 74 valence electrons. The van der Waals surface area contributed by atoms with E-state index in [2.05, 4.69) is 5.32 Å². The largest absolute Gasteiger partial charge is 0.480 e. The van der Waals surface area contributed by atoms with E-state index in [4.69, 9.17) is 16.6 Å². The van der Waals surface area contributed by atoms with E-state index in [1.165, 1.54) is 0 Å². The molecule has 2 amide bonds. The summed E-state index contributed by atoms with van der Waals surface area (Å²) in [6.07, 6.45) is -0.303. The third kappa shape index (κ3) is 5.62. The van der Waals surface area contributed by atoms with E-state index in [1.54, 1.807) is 0 Å². The number of primary amides is 2. The number of carbonyl (C=O) groups is 3. The summed E-state index contributed by atoms with van der Waals surface area (Å²) in [5.74, 6) is -2.67. The molecule has 0 rings (SSSR count). The number of nitrogens with one attached hydrogen (secondary N) is 1. The van der Waals surface area contributed by atoms with Crippen LogP contribution in [0.4, 0.5) is 0 Å². The van der Waals surface area contributed by atoms with Gasteiger partial charge in [-0.1, -0.05) is 0 Å². The van der Waals surface area contributed by atoms with Gasteiger partial charge in [-0.3, -0.25) is 19.7 Å².